The largest absolute Gasteiger partial charge is 0.357 e. The smallest absolute Gasteiger partial charge is 0.228 e. The van der Waals surface area contributed by atoms with E-state index in [0.29, 0.717) is 22.3 Å². The summed E-state index contributed by atoms with van der Waals surface area (Å²) in [5.74, 6) is 0.0749. The van der Waals surface area contributed by atoms with Crippen LogP contribution in [0, 0.1) is 5.92 Å². The molecule has 0 bridgehead atoms. The van der Waals surface area contributed by atoms with E-state index >= 15 is 0 Å². The number of rotatable bonds is 5. The summed E-state index contributed by atoms with van der Waals surface area (Å²) in [6, 6.07) is 5.13. The van der Waals surface area contributed by atoms with Crippen LogP contribution in [0.5, 0.6) is 0 Å². The molecule has 4 aromatic rings. The summed E-state index contributed by atoms with van der Waals surface area (Å²) in [5, 5.41) is 8.13. The number of carbonyl (C=O) groups is 2. The number of benzene rings is 1. The number of aromatic amines is 1. The highest BCUT2D eigenvalue weighted by Gasteiger charge is 2.30. The third-order valence-corrected chi connectivity index (χ3v) is 5.94. The quantitative estimate of drug-likeness (QED) is 0.422. The number of aromatic nitrogens is 4. The van der Waals surface area contributed by atoms with Gasteiger partial charge in [0.05, 0.1) is 27.3 Å². The molecule has 1 amide bonds. The zero-order chi connectivity index (χ0) is 21.7. The lowest BCUT2D eigenvalue weighted by atomic mass is 10.00. The number of anilines is 1. The van der Waals surface area contributed by atoms with Crippen molar-refractivity contribution in [2.45, 2.75) is 12.8 Å². The van der Waals surface area contributed by atoms with Crippen LogP contribution in [0.4, 0.5) is 5.82 Å². The minimum Gasteiger partial charge on any atom is -0.357 e. The summed E-state index contributed by atoms with van der Waals surface area (Å²) in [6.07, 6.45) is 8.47. The fourth-order valence-electron chi connectivity index (χ4n) is 3.56. The number of amides is 1. The molecule has 0 saturated heterocycles. The zero-order valence-corrected chi connectivity index (χ0v) is 18.0. The minimum absolute atomic E-state index is 0.0454. The van der Waals surface area contributed by atoms with Crippen molar-refractivity contribution in [2.75, 3.05) is 5.32 Å². The molecule has 156 valence electrons. The van der Waals surface area contributed by atoms with Gasteiger partial charge in [0, 0.05) is 48.1 Å². The fourth-order valence-corrected chi connectivity index (χ4v) is 4.22. The molecule has 7 nitrogen and oxygen atoms in total. The molecule has 9 heteroatoms. The number of hydrogen-bond acceptors (Lipinski definition) is 4. The predicted molar refractivity (Wildman–Crippen MR) is 120 cm³/mol. The van der Waals surface area contributed by atoms with E-state index in [2.05, 4.69) is 20.4 Å². The second-order valence-electron chi connectivity index (χ2n) is 7.59. The van der Waals surface area contributed by atoms with Gasteiger partial charge in [0.2, 0.25) is 5.91 Å². The van der Waals surface area contributed by atoms with Crippen molar-refractivity contribution in [3.8, 4) is 11.1 Å². The van der Waals surface area contributed by atoms with Crippen molar-refractivity contribution in [1.29, 1.82) is 0 Å². The normalized spacial score (nSPS) is 13.5. The molecule has 3 heterocycles. The molecule has 1 saturated carbocycles. The highest BCUT2D eigenvalue weighted by molar-refractivity contribution is 6.42. The predicted octanol–water partition coefficient (Wildman–Crippen LogP) is 4.85. The van der Waals surface area contributed by atoms with Gasteiger partial charge in [-0.1, -0.05) is 23.2 Å². The van der Waals surface area contributed by atoms with Gasteiger partial charge >= 0.3 is 0 Å². The number of ketones is 1. The van der Waals surface area contributed by atoms with E-state index in [-0.39, 0.29) is 33.2 Å². The molecule has 31 heavy (non-hydrogen) atoms. The molecule has 1 aliphatic carbocycles. The number of fused-ring (bicyclic) bond motifs is 1. The van der Waals surface area contributed by atoms with Crippen LogP contribution in [0.15, 0.2) is 43.0 Å². The summed E-state index contributed by atoms with van der Waals surface area (Å²) in [4.78, 5) is 32.8. The van der Waals surface area contributed by atoms with E-state index in [4.69, 9.17) is 23.2 Å². The Morgan fingerprint density at radius 3 is 2.58 bits per heavy atom. The Kier molecular flexibility index (Phi) is 4.79. The van der Waals surface area contributed by atoms with Gasteiger partial charge in [-0.3, -0.25) is 14.3 Å². The van der Waals surface area contributed by atoms with Crippen LogP contribution >= 0.6 is 23.2 Å². The minimum atomic E-state index is -0.315. The molecule has 1 fully saturated rings. The molecule has 5 rings (SSSR count). The first kappa shape index (κ1) is 19.8. The first-order chi connectivity index (χ1) is 14.9. The van der Waals surface area contributed by atoms with Gasteiger partial charge in [0.15, 0.2) is 11.6 Å². The third-order valence-electron chi connectivity index (χ3n) is 5.34. The van der Waals surface area contributed by atoms with Crippen molar-refractivity contribution in [2.24, 2.45) is 13.0 Å². The Morgan fingerprint density at radius 1 is 1.19 bits per heavy atom. The number of hydrogen-bond donors (Lipinski definition) is 2. The highest BCUT2D eigenvalue weighted by Crippen LogP contribution is 2.35. The molecule has 0 radical (unpaired) electrons. The lowest BCUT2D eigenvalue weighted by molar-refractivity contribution is -0.117. The SMILES string of the molecule is Cn1cc(-c2cc(Cl)c(C(=O)c3c[nH]c4c(NC(=O)C5CC5)nccc34)c(Cl)c2)cn1. The zero-order valence-electron chi connectivity index (χ0n) is 16.4. The second-order valence-corrected chi connectivity index (χ2v) is 8.41. The van der Waals surface area contributed by atoms with E-state index in [1.165, 1.54) is 0 Å². The van der Waals surface area contributed by atoms with Crippen LogP contribution < -0.4 is 5.32 Å². The number of nitrogens with zero attached hydrogens (tertiary/aromatic N) is 3. The monoisotopic (exact) mass is 453 g/mol. The maximum absolute atomic E-state index is 13.4. The van der Waals surface area contributed by atoms with Gasteiger partial charge in [0.1, 0.15) is 0 Å². The number of carbonyl (C=O) groups excluding carboxylic acids is 2. The first-order valence-corrected chi connectivity index (χ1v) is 10.5. The molecule has 0 unspecified atom stereocenters. The number of pyridine rings is 1. The van der Waals surface area contributed by atoms with Gasteiger partial charge in [-0.15, -0.1) is 0 Å². The van der Waals surface area contributed by atoms with Crippen LogP contribution in [0.2, 0.25) is 10.0 Å². The summed E-state index contributed by atoms with van der Waals surface area (Å²) in [5.41, 5.74) is 2.82. The molecule has 1 aliphatic rings. The topological polar surface area (TPSA) is 92.7 Å². The highest BCUT2D eigenvalue weighted by atomic mass is 35.5. The van der Waals surface area contributed by atoms with E-state index in [0.717, 1.165) is 24.0 Å². The van der Waals surface area contributed by atoms with Crippen molar-refractivity contribution in [3.63, 3.8) is 0 Å². The van der Waals surface area contributed by atoms with Crippen LogP contribution in [0.25, 0.3) is 22.0 Å². The Morgan fingerprint density at radius 2 is 1.94 bits per heavy atom. The summed E-state index contributed by atoms with van der Waals surface area (Å²) in [6.45, 7) is 0. The van der Waals surface area contributed by atoms with Crippen molar-refractivity contribution >= 4 is 51.6 Å². The molecule has 2 N–H and O–H groups in total. The van der Waals surface area contributed by atoms with Gasteiger partial charge in [0.25, 0.3) is 0 Å². The summed E-state index contributed by atoms with van der Waals surface area (Å²) >= 11 is 13.0. The molecular formula is C22H17Cl2N5O2. The van der Waals surface area contributed by atoms with Gasteiger partial charge in [-0.05, 0) is 36.6 Å². The fraction of sp³-hybridized carbons (Fsp3) is 0.182. The Hall–Kier alpha value is -3.16. The van der Waals surface area contributed by atoms with Gasteiger partial charge in [-0.25, -0.2) is 4.98 Å². The summed E-state index contributed by atoms with van der Waals surface area (Å²) in [7, 11) is 1.82. The average molecular weight is 454 g/mol. The number of nitrogens with one attached hydrogen (secondary N) is 2. The van der Waals surface area contributed by atoms with Gasteiger partial charge in [-0.2, -0.15) is 5.10 Å². The van der Waals surface area contributed by atoms with E-state index < -0.39 is 0 Å². The van der Waals surface area contributed by atoms with Crippen molar-refractivity contribution < 1.29 is 9.59 Å². The number of halogens is 2. The maximum Gasteiger partial charge on any atom is 0.228 e. The van der Waals surface area contributed by atoms with Crippen LogP contribution in [0.1, 0.15) is 28.8 Å². The maximum atomic E-state index is 13.4. The molecule has 3 aromatic heterocycles. The van der Waals surface area contributed by atoms with E-state index in [9.17, 15) is 9.59 Å². The van der Waals surface area contributed by atoms with Gasteiger partial charge < -0.3 is 10.3 Å². The van der Waals surface area contributed by atoms with Crippen LogP contribution in [-0.2, 0) is 11.8 Å². The lowest BCUT2D eigenvalue weighted by Gasteiger charge is -2.09. The van der Waals surface area contributed by atoms with E-state index in [1.54, 1.807) is 41.5 Å². The Bertz CT molecular complexity index is 1330. The molecule has 0 atom stereocenters. The summed E-state index contributed by atoms with van der Waals surface area (Å²) < 4.78 is 1.68. The lowest BCUT2D eigenvalue weighted by Crippen LogP contribution is -2.14. The number of aryl methyl sites for hydroxylation is 1. The Labute approximate surface area is 187 Å². The standard InChI is InChI=1S/C22H17Cl2N5O2/c1-29-10-13(8-27-29)12-6-16(23)18(17(24)7-12)20(30)15-9-26-19-14(15)4-5-25-21(19)28-22(31)11-2-3-11/h4-11,26H,2-3H2,1H3,(H,25,28,31). The second kappa shape index (κ2) is 7.51. The molecule has 1 aromatic carbocycles. The van der Waals surface area contributed by atoms with Crippen molar-refractivity contribution in [3.05, 3.63) is 64.2 Å². The van der Waals surface area contributed by atoms with E-state index in [1.807, 2.05) is 13.2 Å². The molecular weight excluding hydrogens is 437 g/mol. The average Bonchev–Trinajstić information content (AvgIpc) is 3.35. The third kappa shape index (κ3) is 3.60. The first-order valence-electron chi connectivity index (χ1n) is 9.72. The van der Waals surface area contributed by atoms with Crippen LogP contribution in [-0.4, -0.2) is 31.4 Å². The number of H-pyrrole nitrogens is 1. The van der Waals surface area contributed by atoms with Crippen molar-refractivity contribution in [1.82, 2.24) is 19.7 Å². The van der Waals surface area contributed by atoms with Crippen LogP contribution in [0.3, 0.4) is 0 Å². The Balaban J connectivity index is 1.52. The molecule has 0 spiro atoms. The molecule has 0 aliphatic heterocycles.